The van der Waals surface area contributed by atoms with Gasteiger partial charge in [-0.05, 0) is 57.1 Å². The number of ether oxygens (including phenoxy) is 1. The van der Waals surface area contributed by atoms with Crippen molar-refractivity contribution in [2.45, 2.75) is 63.4 Å². The standard InChI is InChI=1S/C21H36N4O3S/c1-20(2,3)25-29(26,27)18-10-7-6-9-17(18)15-23-19(22-4)24-16-21(11-8-12-21)13-14-28-5/h6-7,9-10,25H,8,11-16H2,1-5H3,(H2,22,23,24). The molecule has 1 saturated carbocycles. The summed E-state index contributed by atoms with van der Waals surface area (Å²) in [4.78, 5) is 4.58. The highest BCUT2D eigenvalue weighted by molar-refractivity contribution is 7.89. The Hall–Kier alpha value is -1.64. The average molecular weight is 425 g/mol. The summed E-state index contributed by atoms with van der Waals surface area (Å²) in [6, 6.07) is 7.04. The van der Waals surface area contributed by atoms with E-state index in [1.165, 1.54) is 19.3 Å². The zero-order valence-corrected chi connectivity index (χ0v) is 19.2. The number of nitrogens with one attached hydrogen (secondary N) is 3. The monoisotopic (exact) mass is 424 g/mol. The zero-order valence-electron chi connectivity index (χ0n) is 18.3. The highest BCUT2D eigenvalue weighted by Crippen LogP contribution is 2.43. The van der Waals surface area contributed by atoms with Crippen LogP contribution in [0.25, 0.3) is 0 Å². The Kier molecular flexibility index (Phi) is 8.08. The number of aliphatic imine (C=N–C) groups is 1. The van der Waals surface area contributed by atoms with Gasteiger partial charge in [0.25, 0.3) is 0 Å². The third kappa shape index (κ3) is 6.97. The van der Waals surface area contributed by atoms with Gasteiger partial charge < -0.3 is 15.4 Å². The summed E-state index contributed by atoms with van der Waals surface area (Å²) in [5.41, 5.74) is 0.423. The van der Waals surface area contributed by atoms with E-state index in [4.69, 9.17) is 4.74 Å². The van der Waals surface area contributed by atoms with Crippen LogP contribution in [0, 0.1) is 5.41 Å². The summed E-state index contributed by atoms with van der Waals surface area (Å²) in [7, 11) is -0.148. The predicted molar refractivity (Wildman–Crippen MR) is 117 cm³/mol. The summed E-state index contributed by atoms with van der Waals surface area (Å²) in [5.74, 6) is 0.671. The smallest absolute Gasteiger partial charge is 0.241 e. The molecule has 8 heteroatoms. The average Bonchev–Trinajstić information content (AvgIpc) is 2.61. The third-order valence-corrected chi connectivity index (χ3v) is 7.11. The van der Waals surface area contributed by atoms with Crippen molar-refractivity contribution in [1.82, 2.24) is 15.4 Å². The summed E-state index contributed by atoms with van der Waals surface area (Å²) in [6.45, 7) is 7.46. The van der Waals surface area contributed by atoms with Crippen molar-refractivity contribution < 1.29 is 13.2 Å². The molecule has 0 amide bonds. The maximum Gasteiger partial charge on any atom is 0.241 e. The quantitative estimate of drug-likeness (QED) is 0.419. The molecule has 1 aliphatic carbocycles. The Morgan fingerprint density at radius 3 is 2.45 bits per heavy atom. The first-order valence-corrected chi connectivity index (χ1v) is 11.6. The second-order valence-electron chi connectivity index (χ2n) is 8.84. The van der Waals surface area contributed by atoms with Crippen LogP contribution >= 0.6 is 0 Å². The van der Waals surface area contributed by atoms with Gasteiger partial charge in [0, 0.05) is 39.4 Å². The van der Waals surface area contributed by atoms with E-state index in [-0.39, 0.29) is 10.3 Å². The zero-order chi connectivity index (χ0) is 21.5. The van der Waals surface area contributed by atoms with Crippen molar-refractivity contribution in [3.05, 3.63) is 29.8 Å². The van der Waals surface area contributed by atoms with E-state index >= 15 is 0 Å². The lowest BCUT2D eigenvalue weighted by Gasteiger charge is -2.42. The highest BCUT2D eigenvalue weighted by atomic mass is 32.2. The van der Waals surface area contributed by atoms with E-state index in [1.54, 1.807) is 26.3 Å². The van der Waals surface area contributed by atoms with Crippen molar-refractivity contribution in [1.29, 1.82) is 0 Å². The van der Waals surface area contributed by atoms with Crippen LogP contribution in [0.2, 0.25) is 0 Å². The third-order valence-electron chi connectivity index (χ3n) is 5.25. The number of methoxy groups -OCH3 is 1. The lowest BCUT2D eigenvalue weighted by molar-refractivity contribution is 0.0732. The molecular weight excluding hydrogens is 388 g/mol. The highest BCUT2D eigenvalue weighted by Gasteiger charge is 2.36. The first-order chi connectivity index (χ1) is 13.6. The van der Waals surface area contributed by atoms with E-state index in [2.05, 4.69) is 20.3 Å². The SMILES string of the molecule is CN=C(NCc1ccccc1S(=O)(=O)NC(C)(C)C)NCC1(CCOC)CCC1. The van der Waals surface area contributed by atoms with Crippen molar-refractivity contribution in [3.63, 3.8) is 0 Å². The molecule has 2 rings (SSSR count). The molecule has 1 aromatic carbocycles. The maximum absolute atomic E-state index is 12.8. The molecule has 0 unspecified atom stereocenters. The molecule has 164 valence electrons. The number of sulfonamides is 1. The Labute approximate surface area is 175 Å². The van der Waals surface area contributed by atoms with Gasteiger partial charge in [-0.3, -0.25) is 4.99 Å². The molecule has 0 spiro atoms. The van der Waals surface area contributed by atoms with Crippen LogP contribution in [-0.2, 0) is 21.3 Å². The van der Waals surface area contributed by atoms with Crippen LogP contribution in [0.3, 0.4) is 0 Å². The van der Waals surface area contributed by atoms with Gasteiger partial charge in [0.15, 0.2) is 5.96 Å². The predicted octanol–water partition coefficient (Wildman–Crippen LogP) is 2.64. The van der Waals surface area contributed by atoms with Gasteiger partial charge in [-0.1, -0.05) is 24.6 Å². The molecule has 0 saturated heterocycles. The van der Waals surface area contributed by atoms with Gasteiger partial charge in [-0.25, -0.2) is 13.1 Å². The van der Waals surface area contributed by atoms with Crippen LogP contribution in [0.1, 0.15) is 52.0 Å². The Morgan fingerprint density at radius 2 is 1.90 bits per heavy atom. The molecule has 1 aromatic rings. The Morgan fingerprint density at radius 1 is 1.21 bits per heavy atom. The number of hydrogen-bond acceptors (Lipinski definition) is 4. The van der Waals surface area contributed by atoms with Gasteiger partial charge in [-0.2, -0.15) is 0 Å². The topological polar surface area (TPSA) is 91.8 Å². The molecule has 0 aliphatic heterocycles. The second-order valence-corrected chi connectivity index (χ2v) is 10.5. The number of nitrogens with zero attached hydrogens (tertiary/aromatic N) is 1. The van der Waals surface area contributed by atoms with E-state index in [1.807, 2.05) is 32.9 Å². The van der Waals surface area contributed by atoms with Gasteiger partial charge in [0.05, 0.1) is 4.90 Å². The lowest BCUT2D eigenvalue weighted by Crippen LogP contribution is -2.46. The van der Waals surface area contributed by atoms with Gasteiger partial charge in [-0.15, -0.1) is 0 Å². The fraction of sp³-hybridized carbons (Fsp3) is 0.667. The number of benzene rings is 1. The van der Waals surface area contributed by atoms with Crippen LogP contribution in [0.5, 0.6) is 0 Å². The first kappa shape index (κ1) is 23.6. The molecule has 0 bridgehead atoms. The van der Waals surface area contributed by atoms with Crippen molar-refractivity contribution in [2.24, 2.45) is 10.4 Å². The van der Waals surface area contributed by atoms with Crippen LogP contribution in [-0.4, -0.2) is 47.2 Å². The van der Waals surface area contributed by atoms with E-state index in [0.29, 0.717) is 18.1 Å². The Balaban J connectivity index is 2.01. The Bertz CT molecular complexity index is 796. The summed E-state index contributed by atoms with van der Waals surface area (Å²) in [6.07, 6.45) is 4.68. The fourth-order valence-corrected chi connectivity index (χ4v) is 5.21. The van der Waals surface area contributed by atoms with Crippen LogP contribution in [0.4, 0.5) is 0 Å². The van der Waals surface area contributed by atoms with E-state index in [0.717, 1.165) is 19.6 Å². The van der Waals surface area contributed by atoms with E-state index < -0.39 is 15.6 Å². The molecule has 1 aliphatic rings. The molecular formula is C21H36N4O3S. The molecule has 0 atom stereocenters. The molecule has 1 fully saturated rings. The van der Waals surface area contributed by atoms with E-state index in [9.17, 15) is 8.42 Å². The summed E-state index contributed by atoms with van der Waals surface area (Å²) in [5, 5.41) is 6.66. The fourth-order valence-electron chi connectivity index (χ4n) is 3.55. The van der Waals surface area contributed by atoms with Gasteiger partial charge in [0.1, 0.15) is 0 Å². The van der Waals surface area contributed by atoms with Crippen molar-refractivity contribution in [3.8, 4) is 0 Å². The normalized spacial score (nSPS) is 16.9. The number of hydrogen-bond donors (Lipinski definition) is 3. The van der Waals surface area contributed by atoms with Crippen LogP contribution < -0.4 is 15.4 Å². The molecule has 7 nitrogen and oxygen atoms in total. The number of rotatable bonds is 9. The summed E-state index contributed by atoms with van der Waals surface area (Å²) < 4.78 is 33.6. The summed E-state index contributed by atoms with van der Waals surface area (Å²) >= 11 is 0. The van der Waals surface area contributed by atoms with Crippen molar-refractivity contribution in [2.75, 3.05) is 27.3 Å². The second kappa shape index (κ2) is 9.91. The lowest BCUT2D eigenvalue weighted by atomic mass is 9.67. The number of guanidine groups is 1. The molecule has 3 N–H and O–H groups in total. The van der Waals surface area contributed by atoms with Gasteiger partial charge >= 0.3 is 0 Å². The first-order valence-electron chi connectivity index (χ1n) is 10.2. The van der Waals surface area contributed by atoms with Crippen molar-refractivity contribution >= 4 is 16.0 Å². The molecule has 0 radical (unpaired) electrons. The minimum atomic E-state index is -3.61. The minimum Gasteiger partial charge on any atom is -0.385 e. The van der Waals surface area contributed by atoms with Crippen LogP contribution in [0.15, 0.2) is 34.2 Å². The molecule has 29 heavy (non-hydrogen) atoms. The largest absolute Gasteiger partial charge is 0.385 e. The minimum absolute atomic E-state index is 0.269. The molecule has 0 aromatic heterocycles. The maximum atomic E-state index is 12.8. The molecule has 0 heterocycles. The van der Waals surface area contributed by atoms with Gasteiger partial charge in [0.2, 0.25) is 10.0 Å².